The molecule has 0 radical (unpaired) electrons. The van der Waals surface area contributed by atoms with Gasteiger partial charge in [0.05, 0.1) is 16.9 Å². The van der Waals surface area contributed by atoms with Gasteiger partial charge in [0, 0.05) is 30.3 Å². The summed E-state index contributed by atoms with van der Waals surface area (Å²) in [5.74, 6) is -0.407. The molecule has 1 heterocycles. The highest BCUT2D eigenvalue weighted by atomic mass is 35.5. The molecule has 1 N–H and O–H groups in total. The molecular weight excluding hydrogens is 465 g/mol. The van der Waals surface area contributed by atoms with Crippen LogP contribution in [0.2, 0.25) is 5.02 Å². The molecule has 1 saturated heterocycles. The standard InChI is InChI=1S/C19H16ClF4N3OS.ClH/c1-27-14(9-17(28)26-16-7-4-12(20)8-15(16)21)10-29-18(27)25-13-5-2-11(3-6-13)19(22,23)24;/h2-8,14H,9-10H2,1H3,(H,26,28);1H. The maximum atomic E-state index is 13.8. The smallest absolute Gasteiger partial charge is 0.350 e. The number of hydrogen-bond donors (Lipinski definition) is 1. The number of rotatable bonds is 4. The van der Waals surface area contributed by atoms with Gasteiger partial charge in [-0.1, -0.05) is 23.4 Å². The van der Waals surface area contributed by atoms with Gasteiger partial charge in [0.15, 0.2) is 5.17 Å². The lowest BCUT2D eigenvalue weighted by Gasteiger charge is -2.20. The second-order valence-electron chi connectivity index (χ2n) is 6.39. The summed E-state index contributed by atoms with van der Waals surface area (Å²) in [5.41, 5.74) is -0.301. The van der Waals surface area contributed by atoms with E-state index in [0.29, 0.717) is 16.6 Å². The van der Waals surface area contributed by atoms with Crippen LogP contribution < -0.4 is 5.32 Å². The minimum absolute atomic E-state index is 0. The number of thioether (sulfide) groups is 1. The van der Waals surface area contributed by atoms with Crippen LogP contribution >= 0.6 is 35.8 Å². The first-order chi connectivity index (χ1) is 13.6. The second-order valence-corrected chi connectivity index (χ2v) is 7.81. The summed E-state index contributed by atoms with van der Waals surface area (Å²) in [6.45, 7) is 0. The number of amidine groups is 1. The van der Waals surface area contributed by atoms with Crippen molar-refractivity contribution < 1.29 is 22.4 Å². The van der Waals surface area contributed by atoms with E-state index in [0.717, 1.165) is 18.2 Å². The van der Waals surface area contributed by atoms with Crippen molar-refractivity contribution in [2.75, 3.05) is 18.1 Å². The minimum Gasteiger partial charge on any atom is -0.350 e. The molecule has 1 aliphatic heterocycles. The number of hydrogen-bond acceptors (Lipinski definition) is 3. The minimum atomic E-state index is -4.40. The maximum Gasteiger partial charge on any atom is 0.416 e. The Kier molecular flexibility index (Phi) is 8.01. The summed E-state index contributed by atoms with van der Waals surface area (Å²) in [5, 5.41) is 3.35. The Morgan fingerprint density at radius 1 is 1.27 bits per heavy atom. The number of benzene rings is 2. The average Bonchev–Trinajstić information content (AvgIpc) is 2.97. The Morgan fingerprint density at radius 2 is 1.93 bits per heavy atom. The van der Waals surface area contributed by atoms with E-state index in [2.05, 4.69) is 10.3 Å². The number of carbonyl (C=O) groups excluding carboxylic acids is 1. The maximum absolute atomic E-state index is 13.8. The summed E-state index contributed by atoms with van der Waals surface area (Å²) in [6, 6.07) is 8.36. The lowest BCUT2D eigenvalue weighted by molar-refractivity contribution is -0.137. The van der Waals surface area contributed by atoms with Crippen molar-refractivity contribution in [1.29, 1.82) is 0 Å². The van der Waals surface area contributed by atoms with Crippen molar-refractivity contribution in [3.63, 3.8) is 0 Å². The van der Waals surface area contributed by atoms with Crippen LogP contribution in [0.25, 0.3) is 0 Å². The molecule has 0 saturated carbocycles. The number of nitrogens with one attached hydrogen (secondary N) is 1. The summed E-state index contributed by atoms with van der Waals surface area (Å²) in [6.07, 6.45) is -4.29. The Bertz CT molecular complexity index is 938. The number of nitrogens with zero attached hydrogens (tertiary/aromatic N) is 2. The Morgan fingerprint density at radius 3 is 2.53 bits per heavy atom. The zero-order valence-corrected chi connectivity index (χ0v) is 17.9. The highest BCUT2D eigenvalue weighted by molar-refractivity contribution is 8.14. The van der Waals surface area contributed by atoms with Gasteiger partial charge < -0.3 is 10.2 Å². The van der Waals surface area contributed by atoms with E-state index in [4.69, 9.17) is 11.6 Å². The van der Waals surface area contributed by atoms with Crippen LogP contribution in [0.15, 0.2) is 47.5 Å². The van der Waals surface area contributed by atoms with E-state index >= 15 is 0 Å². The van der Waals surface area contributed by atoms with Crippen molar-refractivity contribution in [2.24, 2.45) is 4.99 Å². The molecule has 2 aromatic rings. The Hall–Kier alpha value is -1.97. The van der Waals surface area contributed by atoms with Gasteiger partial charge in [0.1, 0.15) is 5.82 Å². The third kappa shape index (κ3) is 6.02. The molecule has 30 heavy (non-hydrogen) atoms. The lowest BCUT2D eigenvalue weighted by Crippen LogP contribution is -2.33. The molecule has 1 unspecified atom stereocenters. The van der Waals surface area contributed by atoms with Gasteiger partial charge in [-0.05, 0) is 42.5 Å². The number of aliphatic imine (C=N–C) groups is 1. The molecule has 0 aliphatic carbocycles. The first-order valence-corrected chi connectivity index (χ1v) is 9.86. The van der Waals surface area contributed by atoms with Crippen LogP contribution in [0, 0.1) is 5.82 Å². The zero-order chi connectivity index (χ0) is 21.2. The fourth-order valence-corrected chi connectivity index (χ4v) is 4.05. The van der Waals surface area contributed by atoms with Crippen molar-refractivity contribution >= 4 is 58.2 Å². The molecule has 4 nitrogen and oxygen atoms in total. The predicted molar refractivity (Wildman–Crippen MR) is 114 cm³/mol. The van der Waals surface area contributed by atoms with Crippen molar-refractivity contribution in [3.05, 3.63) is 58.9 Å². The van der Waals surface area contributed by atoms with Crippen LogP contribution in [-0.2, 0) is 11.0 Å². The van der Waals surface area contributed by atoms with Gasteiger partial charge in [-0.3, -0.25) is 4.79 Å². The number of anilines is 1. The first kappa shape index (κ1) is 24.3. The first-order valence-electron chi connectivity index (χ1n) is 8.50. The molecule has 11 heteroatoms. The monoisotopic (exact) mass is 481 g/mol. The van der Waals surface area contributed by atoms with Crippen LogP contribution in [0.5, 0.6) is 0 Å². The third-order valence-corrected chi connectivity index (χ3v) is 5.72. The van der Waals surface area contributed by atoms with E-state index in [1.807, 2.05) is 0 Å². The summed E-state index contributed by atoms with van der Waals surface area (Å²) < 4.78 is 51.7. The van der Waals surface area contributed by atoms with Crippen LogP contribution in [0.4, 0.5) is 28.9 Å². The molecule has 0 bridgehead atoms. The van der Waals surface area contributed by atoms with Gasteiger partial charge in [-0.2, -0.15) is 13.2 Å². The van der Waals surface area contributed by atoms with Gasteiger partial charge in [0.2, 0.25) is 5.91 Å². The molecule has 162 valence electrons. The molecule has 3 rings (SSSR count). The molecular formula is C19H17Cl2F4N3OS. The van der Waals surface area contributed by atoms with Gasteiger partial charge in [-0.25, -0.2) is 9.38 Å². The molecule has 0 aromatic heterocycles. The molecule has 1 aliphatic rings. The molecule has 2 aromatic carbocycles. The van der Waals surface area contributed by atoms with Crippen molar-refractivity contribution in [2.45, 2.75) is 18.6 Å². The highest BCUT2D eigenvalue weighted by Gasteiger charge is 2.31. The molecule has 1 amide bonds. The molecule has 1 fully saturated rings. The molecule has 0 spiro atoms. The highest BCUT2D eigenvalue weighted by Crippen LogP contribution is 2.32. The number of alkyl halides is 3. The number of amides is 1. The van der Waals surface area contributed by atoms with Gasteiger partial charge in [0.25, 0.3) is 0 Å². The summed E-state index contributed by atoms with van der Waals surface area (Å²) >= 11 is 7.09. The lowest BCUT2D eigenvalue weighted by atomic mass is 10.2. The van der Waals surface area contributed by atoms with E-state index in [1.165, 1.54) is 36.0 Å². The van der Waals surface area contributed by atoms with Crippen LogP contribution in [0.1, 0.15) is 12.0 Å². The third-order valence-electron chi connectivity index (χ3n) is 4.30. The van der Waals surface area contributed by atoms with E-state index < -0.39 is 17.6 Å². The van der Waals surface area contributed by atoms with Gasteiger partial charge in [-0.15, -0.1) is 12.4 Å². The predicted octanol–water partition coefficient (Wildman–Crippen LogP) is 5.98. The average molecular weight is 482 g/mol. The van der Waals surface area contributed by atoms with Crippen molar-refractivity contribution in [1.82, 2.24) is 4.90 Å². The van der Waals surface area contributed by atoms with E-state index in [9.17, 15) is 22.4 Å². The normalized spacial score (nSPS) is 17.7. The van der Waals surface area contributed by atoms with Crippen molar-refractivity contribution in [3.8, 4) is 0 Å². The Labute approximate surface area is 186 Å². The Balaban J connectivity index is 0.00000320. The van der Waals surface area contributed by atoms with Crippen LogP contribution in [0.3, 0.4) is 0 Å². The van der Waals surface area contributed by atoms with E-state index in [-0.39, 0.29) is 41.5 Å². The quantitative estimate of drug-likeness (QED) is 0.546. The summed E-state index contributed by atoms with van der Waals surface area (Å²) in [4.78, 5) is 18.4. The second kappa shape index (κ2) is 9.89. The fourth-order valence-electron chi connectivity index (χ4n) is 2.69. The number of halogens is 6. The van der Waals surface area contributed by atoms with E-state index in [1.54, 1.807) is 11.9 Å². The topological polar surface area (TPSA) is 44.7 Å². The number of carbonyl (C=O) groups is 1. The fraction of sp³-hybridized carbons (Fsp3) is 0.263. The molecule has 1 atom stereocenters. The van der Waals surface area contributed by atoms with Gasteiger partial charge >= 0.3 is 6.18 Å². The SMILES string of the molecule is CN1C(=Nc2ccc(C(F)(F)F)cc2)SCC1CC(=O)Nc1ccc(Cl)cc1F.Cl. The summed E-state index contributed by atoms with van der Waals surface area (Å²) in [7, 11) is 1.75. The zero-order valence-electron chi connectivity index (χ0n) is 15.5. The largest absolute Gasteiger partial charge is 0.416 e. The van der Waals surface area contributed by atoms with Crippen LogP contribution in [-0.4, -0.2) is 34.8 Å².